The van der Waals surface area contributed by atoms with Gasteiger partial charge >= 0.3 is 0 Å². The largest absolute Gasteiger partial charge is 0.472 e. The molecule has 0 saturated carbocycles. The third kappa shape index (κ3) is 2.08. The van der Waals surface area contributed by atoms with Crippen molar-refractivity contribution in [1.82, 2.24) is 0 Å². The number of hydrogen-bond donors (Lipinski definition) is 1. The summed E-state index contributed by atoms with van der Waals surface area (Å²) in [6.45, 7) is 0. The first kappa shape index (κ1) is 10.3. The molecule has 1 unspecified atom stereocenters. The molecule has 0 fully saturated rings. The zero-order chi connectivity index (χ0) is 10.7. The van der Waals surface area contributed by atoms with Crippen LogP contribution in [-0.4, -0.2) is 6.26 Å². The van der Waals surface area contributed by atoms with E-state index in [1.54, 1.807) is 24.3 Å². The summed E-state index contributed by atoms with van der Waals surface area (Å²) in [5.41, 5.74) is 8.32. The van der Waals surface area contributed by atoms with E-state index in [4.69, 9.17) is 10.2 Å². The maximum Gasteiger partial charge on any atom is 0.0953 e. The van der Waals surface area contributed by atoms with Gasteiger partial charge in [-0.15, -0.1) is 11.8 Å². The molecule has 1 aromatic heterocycles. The number of nitrogens with two attached hydrogens (primary N) is 1. The summed E-state index contributed by atoms with van der Waals surface area (Å²) in [6.07, 6.45) is 5.40. The molecule has 0 aliphatic carbocycles. The highest BCUT2D eigenvalue weighted by atomic mass is 32.2. The van der Waals surface area contributed by atoms with Crippen LogP contribution in [-0.2, 0) is 0 Å². The molecule has 0 bridgehead atoms. The molecule has 15 heavy (non-hydrogen) atoms. The summed E-state index contributed by atoms with van der Waals surface area (Å²) < 4.78 is 5.04. The summed E-state index contributed by atoms with van der Waals surface area (Å²) in [5, 5.41) is 0. The van der Waals surface area contributed by atoms with Crippen LogP contribution >= 0.6 is 11.8 Å². The highest BCUT2D eigenvalue weighted by Gasteiger charge is 2.12. The molecule has 0 amide bonds. The minimum absolute atomic E-state index is 0.104. The molecule has 2 nitrogen and oxygen atoms in total. The minimum Gasteiger partial charge on any atom is -0.472 e. The van der Waals surface area contributed by atoms with Crippen molar-refractivity contribution < 1.29 is 4.42 Å². The summed E-state index contributed by atoms with van der Waals surface area (Å²) in [5.74, 6) is 0. The Morgan fingerprint density at radius 3 is 2.73 bits per heavy atom. The highest BCUT2D eigenvalue weighted by molar-refractivity contribution is 7.98. The van der Waals surface area contributed by atoms with Crippen molar-refractivity contribution in [2.24, 2.45) is 5.73 Å². The Bertz CT molecular complexity index is 425. The third-order valence-electron chi connectivity index (χ3n) is 2.38. The van der Waals surface area contributed by atoms with Crippen molar-refractivity contribution in [3.63, 3.8) is 0 Å². The van der Waals surface area contributed by atoms with Gasteiger partial charge in [-0.05, 0) is 24.0 Å². The van der Waals surface area contributed by atoms with Crippen molar-refractivity contribution in [2.45, 2.75) is 10.9 Å². The van der Waals surface area contributed by atoms with E-state index in [-0.39, 0.29) is 6.04 Å². The normalized spacial score (nSPS) is 12.7. The van der Waals surface area contributed by atoms with Gasteiger partial charge in [0.05, 0.1) is 18.6 Å². The first-order valence-electron chi connectivity index (χ1n) is 4.73. The average Bonchev–Trinajstić information content (AvgIpc) is 2.81. The van der Waals surface area contributed by atoms with E-state index in [2.05, 4.69) is 18.4 Å². The van der Waals surface area contributed by atoms with Crippen molar-refractivity contribution in [1.29, 1.82) is 0 Å². The molecule has 1 aromatic carbocycles. The first-order valence-corrected chi connectivity index (χ1v) is 5.96. The molecule has 1 heterocycles. The molecule has 0 radical (unpaired) electrons. The van der Waals surface area contributed by atoms with Crippen LogP contribution in [0.4, 0.5) is 0 Å². The molecule has 78 valence electrons. The molecule has 1 atom stereocenters. The summed E-state index contributed by atoms with van der Waals surface area (Å²) in [4.78, 5) is 1.21. The Labute approximate surface area is 93.5 Å². The third-order valence-corrected chi connectivity index (χ3v) is 3.19. The Hall–Kier alpha value is -1.19. The molecule has 0 aliphatic rings. The van der Waals surface area contributed by atoms with Crippen LogP contribution in [0.3, 0.4) is 0 Å². The summed E-state index contributed by atoms with van der Waals surface area (Å²) in [7, 11) is 0. The van der Waals surface area contributed by atoms with E-state index in [1.165, 1.54) is 4.90 Å². The fourth-order valence-electron chi connectivity index (χ4n) is 1.55. The highest BCUT2D eigenvalue weighted by Crippen LogP contribution is 2.28. The number of furan rings is 1. The van der Waals surface area contributed by atoms with Crippen molar-refractivity contribution in [3.8, 4) is 0 Å². The monoisotopic (exact) mass is 219 g/mol. The second-order valence-corrected chi connectivity index (χ2v) is 4.12. The van der Waals surface area contributed by atoms with Crippen molar-refractivity contribution in [3.05, 3.63) is 54.0 Å². The lowest BCUT2D eigenvalue weighted by Gasteiger charge is -2.13. The first-order chi connectivity index (χ1) is 7.33. The second kappa shape index (κ2) is 4.55. The van der Waals surface area contributed by atoms with Crippen molar-refractivity contribution >= 4 is 11.8 Å². The van der Waals surface area contributed by atoms with Crippen LogP contribution in [0.5, 0.6) is 0 Å². The minimum atomic E-state index is -0.104. The standard InChI is InChI=1S/C12H13NOS/c1-15-11-5-3-2-4-10(11)12(13)9-6-7-14-8-9/h2-8,12H,13H2,1H3. The van der Waals surface area contributed by atoms with Crippen LogP contribution in [0, 0.1) is 0 Å². The van der Waals surface area contributed by atoms with E-state index in [9.17, 15) is 0 Å². The molecule has 0 aliphatic heterocycles. The van der Waals surface area contributed by atoms with Crippen LogP contribution in [0.1, 0.15) is 17.2 Å². The summed E-state index contributed by atoms with van der Waals surface area (Å²) in [6, 6.07) is 9.98. The zero-order valence-electron chi connectivity index (χ0n) is 8.51. The summed E-state index contributed by atoms with van der Waals surface area (Å²) >= 11 is 1.71. The van der Waals surface area contributed by atoms with Crippen LogP contribution in [0.25, 0.3) is 0 Å². The Balaban J connectivity index is 2.37. The van der Waals surface area contributed by atoms with Gasteiger partial charge in [0.25, 0.3) is 0 Å². The van der Waals surface area contributed by atoms with Gasteiger partial charge in [-0.3, -0.25) is 0 Å². The Morgan fingerprint density at radius 2 is 2.07 bits per heavy atom. The molecule has 0 saturated heterocycles. The SMILES string of the molecule is CSc1ccccc1C(N)c1ccoc1. The molecule has 0 spiro atoms. The topological polar surface area (TPSA) is 39.2 Å². The fraction of sp³-hybridized carbons (Fsp3) is 0.167. The number of hydrogen-bond acceptors (Lipinski definition) is 3. The van der Waals surface area contributed by atoms with Gasteiger partial charge < -0.3 is 10.2 Å². The fourth-order valence-corrected chi connectivity index (χ4v) is 2.20. The van der Waals surface area contributed by atoms with E-state index in [0.717, 1.165) is 11.1 Å². The maximum absolute atomic E-state index is 6.16. The average molecular weight is 219 g/mol. The van der Waals surface area contributed by atoms with Gasteiger partial charge in [-0.2, -0.15) is 0 Å². The van der Waals surface area contributed by atoms with Crippen LogP contribution < -0.4 is 5.73 Å². The van der Waals surface area contributed by atoms with Gasteiger partial charge in [0.2, 0.25) is 0 Å². The van der Waals surface area contributed by atoms with Gasteiger partial charge in [0.1, 0.15) is 0 Å². The lowest BCUT2D eigenvalue weighted by Crippen LogP contribution is -2.11. The van der Waals surface area contributed by atoms with E-state index >= 15 is 0 Å². The lowest BCUT2D eigenvalue weighted by molar-refractivity contribution is 0.562. The molecule has 2 N–H and O–H groups in total. The van der Waals surface area contributed by atoms with E-state index in [1.807, 2.05) is 18.2 Å². The lowest BCUT2D eigenvalue weighted by atomic mass is 10.0. The van der Waals surface area contributed by atoms with Gasteiger partial charge in [0, 0.05) is 10.5 Å². The maximum atomic E-state index is 6.16. The second-order valence-electron chi connectivity index (χ2n) is 3.28. The number of benzene rings is 1. The molecule has 2 aromatic rings. The molecular weight excluding hydrogens is 206 g/mol. The number of rotatable bonds is 3. The molecular formula is C12H13NOS. The van der Waals surface area contributed by atoms with E-state index in [0.29, 0.717) is 0 Å². The van der Waals surface area contributed by atoms with Crippen LogP contribution in [0.15, 0.2) is 52.2 Å². The van der Waals surface area contributed by atoms with Gasteiger partial charge in [0.15, 0.2) is 0 Å². The van der Waals surface area contributed by atoms with Crippen molar-refractivity contribution in [2.75, 3.05) is 6.26 Å². The Morgan fingerprint density at radius 1 is 1.27 bits per heavy atom. The molecule has 3 heteroatoms. The van der Waals surface area contributed by atoms with Crippen LogP contribution in [0.2, 0.25) is 0 Å². The predicted molar refractivity (Wildman–Crippen MR) is 63.0 cm³/mol. The zero-order valence-corrected chi connectivity index (χ0v) is 9.33. The molecule has 2 rings (SSSR count). The predicted octanol–water partition coefficient (Wildman–Crippen LogP) is 3.05. The smallest absolute Gasteiger partial charge is 0.0953 e. The van der Waals surface area contributed by atoms with Gasteiger partial charge in [-0.25, -0.2) is 0 Å². The number of thioether (sulfide) groups is 1. The quantitative estimate of drug-likeness (QED) is 0.806. The van der Waals surface area contributed by atoms with E-state index < -0.39 is 0 Å². The van der Waals surface area contributed by atoms with Gasteiger partial charge in [-0.1, -0.05) is 18.2 Å². The Kier molecular flexibility index (Phi) is 3.14.